The monoisotopic (exact) mass is 300 g/mol. The van der Waals surface area contributed by atoms with Crippen molar-refractivity contribution < 1.29 is 13.2 Å². The predicted molar refractivity (Wildman–Crippen MR) is 71.3 cm³/mol. The van der Waals surface area contributed by atoms with Crippen LogP contribution >= 0.6 is 0 Å². The standard InChI is InChI=1S/C14H19F3N4/c1-2-13(10-18,19-11-4-5-11)7-3-8-21-9-6-12(20-21)14(15,16)17/h6,9,11,19H,2-5,7-8H2,1H3. The zero-order valence-electron chi connectivity index (χ0n) is 12.0. The van der Waals surface area contributed by atoms with Crippen LogP contribution in [0.5, 0.6) is 0 Å². The third-order valence-electron chi connectivity index (χ3n) is 3.80. The smallest absolute Gasteiger partial charge is 0.297 e. The molecule has 1 N–H and O–H groups in total. The second-order valence-corrected chi connectivity index (χ2v) is 5.53. The van der Waals surface area contributed by atoms with Crippen molar-refractivity contribution in [2.24, 2.45) is 0 Å². The molecule has 0 saturated heterocycles. The van der Waals surface area contributed by atoms with E-state index in [4.69, 9.17) is 0 Å². The molecule has 116 valence electrons. The van der Waals surface area contributed by atoms with E-state index in [2.05, 4.69) is 16.5 Å². The Morgan fingerprint density at radius 3 is 2.67 bits per heavy atom. The maximum Gasteiger partial charge on any atom is 0.435 e. The molecule has 1 fully saturated rings. The number of aryl methyl sites for hydroxylation is 1. The summed E-state index contributed by atoms with van der Waals surface area (Å²) in [6.45, 7) is 2.33. The summed E-state index contributed by atoms with van der Waals surface area (Å²) < 4.78 is 38.6. The van der Waals surface area contributed by atoms with Crippen molar-refractivity contribution in [3.05, 3.63) is 18.0 Å². The molecular weight excluding hydrogens is 281 g/mol. The van der Waals surface area contributed by atoms with Gasteiger partial charge in [-0.25, -0.2) is 0 Å². The van der Waals surface area contributed by atoms with E-state index in [-0.39, 0.29) is 0 Å². The van der Waals surface area contributed by atoms with Crippen molar-refractivity contribution in [3.63, 3.8) is 0 Å². The highest BCUT2D eigenvalue weighted by Gasteiger charge is 2.35. The third kappa shape index (κ3) is 4.21. The lowest BCUT2D eigenvalue weighted by atomic mass is 9.92. The summed E-state index contributed by atoms with van der Waals surface area (Å²) in [5.41, 5.74) is -1.44. The Labute approximate surface area is 121 Å². The molecule has 7 heteroatoms. The van der Waals surface area contributed by atoms with Crippen LogP contribution < -0.4 is 5.32 Å². The molecule has 0 spiro atoms. The zero-order valence-corrected chi connectivity index (χ0v) is 12.0. The van der Waals surface area contributed by atoms with Crippen LogP contribution in [0.4, 0.5) is 13.2 Å². The van der Waals surface area contributed by atoms with Crippen LogP contribution in [-0.2, 0) is 12.7 Å². The van der Waals surface area contributed by atoms with E-state index in [0.717, 1.165) is 18.9 Å². The molecule has 2 rings (SSSR count). The molecule has 0 aliphatic heterocycles. The van der Waals surface area contributed by atoms with Gasteiger partial charge in [-0.2, -0.15) is 23.5 Å². The van der Waals surface area contributed by atoms with E-state index in [1.165, 1.54) is 10.9 Å². The zero-order chi connectivity index (χ0) is 15.5. The fourth-order valence-electron chi connectivity index (χ4n) is 2.32. The highest BCUT2D eigenvalue weighted by Crippen LogP contribution is 2.28. The van der Waals surface area contributed by atoms with Crippen molar-refractivity contribution in [2.75, 3.05) is 0 Å². The van der Waals surface area contributed by atoms with Gasteiger partial charge in [-0.3, -0.25) is 10.00 Å². The fourth-order valence-corrected chi connectivity index (χ4v) is 2.32. The number of rotatable bonds is 7. The van der Waals surface area contributed by atoms with Gasteiger partial charge in [-0.05, 0) is 38.2 Å². The third-order valence-corrected chi connectivity index (χ3v) is 3.80. The van der Waals surface area contributed by atoms with Gasteiger partial charge < -0.3 is 0 Å². The molecule has 1 saturated carbocycles. The predicted octanol–water partition coefficient (Wildman–Crippen LogP) is 3.11. The lowest BCUT2D eigenvalue weighted by Crippen LogP contribution is -2.44. The largest absolute Gasteiger partial charge is 0.435 e. The summed E-state index contributed by atoms with van der Waals surface area (Å²) in [4.78, 5) is 0. The Morgan fingerprint density at radius 2 is 2.19 bits per heavy atom. The van der Waals surface area contributed by atoms with Gasteiger partial charge >= 0.3 is 6.18 Å². The molecule has 0 aromatic carbocycles. The van der Waals surface area contributed by atoms with Crippen molar-refractivity contribution in [1.29, 1.82) is 5.26 Å². The molecular formula is C14H19F3N4. The minimum Gasteiger partial charge on any atom is -0.297 e. The van der Waals surface area contributed by atoms with E-state index in [9.17, 15) is 18.4 Å². The first-order valence-electron chi connectivity index (χ1n) is 7.18. The lowest BCUT2D eigenvalue weighted by molar-refractivity contribution is -0.141. The Kier molecular flexibility index (Phi) is 4.57. The van der Waals surface area contributed by atoms with Crippen molar-refractivity contribution in [2.45, 2.75) is 63.3 Å². The molecule has 1 aromatic heterocycles. The number of nitrogens with zero attached hydrogens (tertiary/aromatic N) is 3. The first-order valence-corrected chi connectivity index (χ1v) is 7.18. The minimum atomic E-state index is -4.40. The van der Waals surface area contributed by atoms with Gasteiger partial charge in [0, 0.05) is 18.8 Å². The average Bonchev–Trinajstić information content (AvgIpc) is 3.10. The summed E-state index contributed by atoms with van der Waals surface area (Å²) in [6, 6.07) is 3.73. The molecule has 1 aromatic rings. The highest BCUT2D eigenvalue weighted by atomic mass is 19.4. The maximum absolute atomic E-state index is 12.4. The van der Waals surface area contributed by atoms with E-state index in [1.54, 1.807) is 0 Å². The van der Waals surface area contributed by atoms with E-state index in [1.807, 2.05) is 6.92 Å². The van der Waals surface area contributed by atoms with E-state index in [0.29, 0.717) is 31.8 Å². The van der Waals surface area contributed by atoms with Gasteiger partial charge in [0.25, 0.3) is 0 Å². The van der Waals surface area contributed by atoms with Crippen molar-refractivity contribution in [1.82, 2.24) is 15.1 Å². The number of hydrogen-bond acceptors (Lipinski definition) is 3. The van der Waals surface area contributed by atoms with E-state index < -0.39 is 17.4 Å². The van der Waals surface area contributed by atoms with Gasteiger partial charge in [-0.15, -0.1) is 0 Å². The Morgan fingerprint density at radius 1 is 1.48 bits per heavy atom. The van der Waals surface area contributed by atoms with Gasteiger partial charge in [0.05, 0.1) is 6.07 Å². The van der Waals surface area contributed by atoms with Crippen LogP contribution in [0.15, 0.2) is 12.3 Å². The number of nitriles is 1. The van der Waals surface area contributed by atoms with E-state index >= 15 is 0 Å². The number of alkyl halides is 3. The van der Waals surface area contributed by atoms with Gasteiger partial charge in [0.1, 0.15) is 5.54 Å². The van der Waals surface area contributed by atoms with Gasteiger partial charge in [-0.1, -0.05) is 6.92 Å². The summed E-state index contributed by atoms with van der Waals surface area (Å²) in [6.07, 6.45) is 1.02. The van der Waals surface area contributed by atoms with Crippen LogP contribution in [0.1, 0.15) is 44.7 Å². The molecule has 21 heavy (non-hydrogen) atoms. The number of halogens is 3. The Hall–Kier alpha value is -1.55. The molecule has 0 bridgehead atoms. The van der Waals surface area contributed by atoms with Gasteiger partial charge in [0.15, 0.2) is 5.69 Å². The number of aromatic nitrogens is 2. The SMILES string of the molecule is CCC(C#N)(CCCn1ccc(C(F)(F)F)n1)NC1CC1. The second kappa shape index (κ2) is 6.06. The highest BCUT2D eigenvalue weighted by molar-refractivity contribution is 5.09. The Bertz CT molecular complexity index is 513. The van der Waals surface area contributed by atoms with Crippen LogP contribution in [0.2, 0.25) is 0 Å². The average molecular weight is 300 g/mol. The molecule has 0 radical (unpaired) electrons. The molecule has 1 atom stereocenters. The minimum absolute atomic E-state index is 0.381. The summed E-state index contributed by atoms with van der Waals surface area (Å²) >= 11 is 0. The van der Waals surface area contributed by atoms with Crippen LogP contribution in [0, 0.1) is 11.3 Å². The quantitative estimate of drug-likeness (QED) is 0.842. The lowest BCUT2D eigenvalue weighted by Gasteiger charge is -2.26. The first-order chi connectivity index (χ1) is 9.88. The molecule has 1 unspecified atom stereocenters. The number of nitrogens with one attached hydrogen (secondary N) is 1. The molecule has 0 amide bonds. The molecule has 4 nitrogen and oxygen atoms in total. The first kappa shape index (κ1) is 15.8. The topological polar surface area (TPSA) is 53.6 Å². The van der Waals surface area contributed by atoms with Crippen LogP contribution in [-0.4, -0.2) is 21.4 Å². The Balaban J connectivity index is 1.87. The normalized spacial score (nSPS) is 18.2. The molecule has 1 heterocycles. The summed E-state index contributed by atoms with van der Waals surface area (Å²) in [5, 5.41) is 16.2. The fraction of sp³-hybridized carbons (Fsp3) is 0.714. The maximum atomic E-state index is 12.4. The second-order valence-electron chi connectivity index (χ2n) is 5.53. The summed E-state index contributed by atoms with van der Waals surface area (Å²) in [5.74, 6) is 0. The molecule has 1 aliphatic carbocycles. The number of hydrogen-bond donors (Lipinski definition) is 1. The van der Waals surface area contributed by atoms with Gasteiger partial charge in [0.2, 0.25) is 0 Å². The van der Waals surface area contributed by atoms with Crippen molar-refractivity contribution >= 4 is 0 Å². The molecule has 1 aliphatic rings. The van der Waals surface area contributed by atoms with Crippen LogP contribution in [0.3, 0.4) is 0 Å². The van der Waals surface area contributed by atoms with Crippen LogP contribution in [0.25, 0.3) is 0 Å². The summed E-state index contributed by atoms with van der Waals surface area (Å²) in [7, 11) is 0. The van der Waals surface area contributed by atoms with Crippen molar-refractivity contribution in [3.8, 4) is 6.07 Å².